The molecule has 116 valence electrons. The largest absolute Gasteiger partial charge is 0.385 e. The van der Waals surface area contributed by atoms with Gasteiger partial charge in [-0.1, -0.05) is 6.92 Å². The molecule has 0 spiro atoms. The lowest BCUT2D eigenvalue weighted by Crippen LogP contribution is -2.34. The Morgan fingerprint density at radius 3 is 2.48 bits per heavy atom. The number of amides is 1. The Morgan fingerprint density at radius 2 is 1.95 bits per heavy atom. The van der Waals surface area contributed by atoms with Gasteiger partial charge in [0.05, 0.1) is 11.5 Å². The van der Waals surface area contributed by atoms with Crippen LogP contribution in [0.3, 0.4) is 0 Å². The minimum absolute atomic E-state index is 0.00950. The van der Waals surface area contributed by atoms with Crippen LogP contribution in [0, 0.1) is 10.1 Å². The smallest absolute Gasteiger partial charge is 0.273 e. The van der Waals surface area contributed by atoms with Crippen LogP contribution in [0.1, 0.15) is 13.3 Å². The Hall–Kier alpha value is -2.31. The third kappa shape index (κ3) is 4.94. The molecule has 0 aliphatic rings. The van der Waals surface area contributed by atoms with E-state index in [0.717, 1.165) is 13.0 Å². The first-order valence-electron chi connectivity index (χ1n) is 6.79. The second-order valence-electron chi connectivity index (χ2n) is 5.07. The van der Waals surface area contributed by atoms with Crippen molar-refractivity contribution in [2.24, 2.45) is 0 Å². The molecule has 7 heteroatoms. The molecular weight excluding hydrogens is 272 g/mol. The fraction of sp³-hybridized carbons (Fsp3) is 0.500. The number of nitrogens with one attached hydrogen (secondary N) is 1. The normalized spacial score (nSPS) is 10.1. The van der Waals surface area contributed by atoms with Gasteiger partial charge in [-0.05, 0) is 12.5 Å². The first kappa shape index (κ1) is 16.7. The van der Waals surface area contributed by atoms with Crippen molar-refractivity contribution >= 4 is 23.0 Å². The summed E-state index contributed by atoms with van der Waals surface area (Å²) in [5.74, 6) is -0.0629. The van der Waals surface area contributed by atoms with E-state index in [4.69, 9.17) is 0 Å². The van der Waals surface area contributed by atoms with Crippen LogP contribution in [0.4, 0.5) is 17.1 Å². The number of benzene rings is 1. The SMILES string of the molecule is CCCNc1cc(N(C)CC(=O)N(C)C)cc([N+](=O)[O-])c1. The quantitative estimate of drug-likeness (QED) is 0.614. The van der Waals surface area contributed by atoms with Crippen LogP contribution in [-0.2, 0) is 4.79 Å². The standard InChI is InChI=1S/C14H22N4O3/c1-5-6-15-11-7-12(9-13(8-11)18(20)21)17(4)10-14(19)16(2)3/h7-9,15H,5-6,10H2,1-4H3. The molecule has 1 aromatic carbocycles. The maximum atomic E-state index is 11.7. The van der Waals surface area contributed by atoms with Gasteiger partial charge in [-0.15, -0.1) is 0 Å². The summed E-state index contributed by atoms with van der Waals surface area (Å²) < 4.78 is 0. The molecule has 1 N–H and O–H groups in total. The average molecular weight is 294 g/mol. The van der Waals surface area contributed by atoms with Crippen LogP contribution in [-0.4, -0.2) is 50.0 Å². The highest BCUT2D eigenvalue weighted by Crippen LogP contribution is 2.26. The Labute approximate surface area is 124 Å². The van der Waals surface area contributed by atoms with Crippen LogP contribution < -0.4 is 10.2 Å². The van der Waals surface area contributed by atoms with Gasteiger partial charge in [0, 0.05) is 51.2 Å². The Balaban J connectivity index is 3.01. The molecule has 1 rings (SSSR count). The molecule has 0 fully saturated rings. The number of nitro groups is 1. The number of nitrogens with zero attached hydrogens (tertiary/aromatic N) is 3. The third-order valence-electron chi connectivity index (χ3n) is 3.00. The van der Waals surface area contributed by atoms with Crippen LogP contribution in [0.5, 0.6) is 0 Å². The highest BCUT2D eigenvalue weighted by Gasteiger charge is 2.14. The zero-order valence-corrected chi connectivity index (χ0v) is 12.9. The van der Waals surface area contributed by atoms with Gasteiger partial charge in [0.15, 0.2) is 0 Å². The van der Waals surface area contributed by atoms with E-state index in [0.29, 0.717) is 11.4 Å². The molecule has 0 aromatic heterocycles. The summed E-state index contributed by atoms with van der Waals surface area (Å²) in [5, 5.41) is 14.2. The molecule has 0 unspecified atom stereocenters. The van der Waals surface area contributed by atoms with Crippen molar-refractivity contribution in [2.45, 2.75) is 13.3 Å². The maximum absolute atomic E-state index is 11.7. The van der Waals surface area contributed by atoms with Crippen LogP contribution >= 0.6 is 0 Å². The topological polar surface area (TPSA) is 78.7 Å². The fourth-order valence-corrected chi connectivity index (χ4v) is 1.73. The number of hydrogen-bond donors (Lipinski definition) is 1. The molecule has 21 heavy (non-hydrogen) atoms. The zero-order valence-electron chi connectivity index (χ0n) is 12.9. The molecule has 7 nitrogen and oxygen atoms in total. The van der Waals surface area contributed by atoms with Gasteiger partial charge in [0.1, 0.15) is 0 Å². The van der Waals surface area contributed by atoms with E-state index in [-0.39, 0.29) is 18.1 Å². The molecule has 0 aliphatic carbocycles. The fourth-order valence-electron chi connectivity index (χ4n) is 1.73. The first-order chi connectivity index (χ1) is 9.85. The molecule has 0 aliphatic heterocycles. The van der Waals surface area contributed by atoms with E-state index in [1.807, 2.05) is 13.0 Å². The van der Waals surface area contributed by atoms with E-state index < -0.39 is 4.92 Å². The molecule has 0 saturated carbocycles. The lowest BCUT2D eigenvalue weighted by Gasteiger charge is -2.21. The van der Waals surface area contributed by atoms with Crippen molar-refractivity contribution < 1.29 is 9.72 Å². The van der Waals surface area contributed by atoms with Crippen molar-refractivity contribution in [3.05, 3.63) is 28.3 Å². The van der Waals surface area contributed by atoms with Crippen molar-refractivity contribution in [1.82, 2.24) is 4.90 Å². The molecule has 1 amide bonds. The van der Waals surface area contributed by atoms with Crippen LogP contribution in [0.25, 0.3) is 0 Å². The third-order valence-corrected chi connectivity index (χ3v) is 3.00. The highest BCUT2D eigenvalue weighted by atomic mass is 16.6. The van der Waals surface area contributed by atoms with E-state index >= 15 is 0 Å². The van der Waals surface area contributed by atoms with Gasteiger partial charge in [0.2, 0.25) is 5.91 Å². The highest BCUT2D eigenvalue weighted by molar-refractivity contribution is 5.81. The molecule has 0 radical (unpaired) electrons. The van der Waals surface area contributed by atoms with Gasteiger partial charge >= 0.3 is 0 Å². The minimum Gasteiger partial charge on any atom is -0.385 e. The summed E-state index contributed by atoms with van der Waals surface area (Å²) in [6.07, 6.45) is 0.924. The maximum Gasteiger partial charge on any atom is 0.273 e. The molecule has 1 aromatic rings. The van der Waals surface area contributed by atoms with Gasteiger partial charge in [-0.2, -0.15) is 0 Å². The van der Waals surface area contributed by atoms with Gasteiger partial charge in [-0.3, -0.25) is 14.9 Å². The van der Waals surface area contributed by atoms with Crippen molar-refractivity contribution in [3.8, 4) is 0 Å². The number of nitro benzene ring substituents is 1. The van der Waals surface area contributed by atoms with Crippen molar-refractivity contribution in [2.75, 3.05) is 44.4 Å². The van der Waals surface area contributed by atoms with Crippen LogP contribution in [0.2, 0.25) is 0 Å². The Bertz CT molecular complexity index is 517. The molecule has 0 bridgehead atoms. The predicted molar refractivity (Wildman–Crippen MR) is 83.8 cm³/mol. The summed E-state index contributed by atoms with van der Waals surface area (Å²) >= 11 is 0. The van der Waals surface area contributed by atoms with Gasteiger partial charge in [0.25, 0.3) is 5.69 Å². The lowest BCUT2D eigenvalue weighted by molar-refractivity contribution is -0.384. The summed E-state index contributed by atoms with van der Waals surface area (Å²) in [7, 11) is 5.10. The zero-order chi connectivity index (χ0) is 16.0. The number of likely N-dealkylation sites (N-methyl/N-ethyl adjacent to an activating group) is 2. The monoisotopic (exact) mass is 294 g/mol. The summed E-state index contributed by atoms with van der Waals surface area (Å²) in [6.45, 7) is 2.93. The number of rotatable bonds is 7. The van der Waals surface area contributed by atoms with Crippen molar-refractivity contribution in [3.63, 3.8) is 0 Å². The van der Waals surface area contributed by atoms with E-state index in [1.165, 1.54) is 17.0 Å². The molecule has 0 heterocycles. The summed E-state index contributed by atoms with van der Waals surface area (Å²) in [4.78, 5) is 25.5. The number of hydrogen-bond acceptors (Lipinski definition) is 5. The number of carbonyl (C=O) groups excluding carboxylic acids is 1. The lowest BCUT2D eigenvalue weighted by atomic mass is 10.2. The van der Waals surface area contributed by atoms with Crippen molar-refractivity contribution in [1.29, 1.82) is 0 Å². The Morgan fingerprint density at radius 1 is 1.29 bits per heavy atom. The molecular formula is C14H22N4O3. The molecule has 0 saturated heterocycles. The predicted octanol–water partition coefficient (Wildman–Crippen LogP) is 1.94. The first-order valence-corrected chi connectivity index (χ1v) is 6.79. The average Bonchev–Trinajstić information content (AvgIpc) is 2.44. The number of anilines is 2. The minimum atomic E-state index is -0.428. The second-order valence-corrected chi connectivity index (χ2v) is 5.07. The van der Waals surface area contributed by atoms with E-state index in [9.17, 15) is 14.9 Å². The Kier molecular flexibility index (Phi) is 5.95. The van der Waals surface area contributed by atoms with E-state index in [1.54, 1.807) is 26.0 Å². The second kappa shape index (κ2) is 7.47. The summed E-state index contributed by atoms with van der Waals surface area (Å²) in [6, 6.07) is 4.78. The van der Waals surface area contributed by atoms with Gasteiger partial charge < -0.3 is 15.1 Å². The summed E-state index contributed by atoms with van der Waals surface area (Å²) in [5.41, 5.74) is 1.33. The van der Waals surface area contributed by atoms with E-state index in [2.05, 4.69) is 5.32 Å². The van der Waals surface area contributed by atoms with Crippen LogP contribution in [0.15, 0.2) is 18.2 Å². The molecule has 0 atom stereocenters. The number of carbonyl (C=O) groups is 1. The van der Waals surface area contributed by atoms with Gasteiger partial charge in [-0.25, -0.2) is 0 Å². The number of non-ortho nitro benzene ring substituents is 1.